The van der Waals surface area contributed by atoms with E-state index in [1.807, 2.05) is 68.3 Å². The van der Waals surface area contributed by atoms with E-state index in [0.717, 1.165) is 42.0 Å². The summed E-state index contributed by atoms with van der Waals surface area (Å²) in [6, 6.07) is 16.1. The monoisotopic (exact) mass is 781 g/mol. The number of rotatable bonds is 16. The zero-order valence-corrected chi connectivity index (χ0v) is 33.2. The molecular formula is C40H50Cl2FN7O4. The molecule has 1 fully saturated rings. The molecule has 0 spiro atoms. The van der Waals surface area contributed by atoms with Crippen LogP contribution in [-0.2, 0) is 40.9 Å². The minimum atomic E-state index is -0.944. The molecule has 11 nitrogen and oxygen atoms in total. The standard InChI is InChI=1S/C40H50Cl2FN7O4/c1-26(38(51)47-34(24-53-6)39(52)50(5)40(16-7-17-44-25-40)20-27-8-12-29(41)13-9-27)45-21-32-33(43)18-30(42)19-36(32)54-31-14-10-28(11-15-31)35-22-46-37(49(35)4)23-48(2)3/h8-15,18-19,22,26,34,44-45H,7,16-17,20-21,23-25H2,1-6H3,(H,47,51)/t26-,34-,40+/m0/s1. The number of hydrogen-bond donors (Lipinski definition) is 3. The fourth-order valence-electron chi connectivity index (χ4n) is 6.75. The molecule has 1 aliphatic heterocycles. The summed E-state index contributed by atoms with van der Waals surface area (Å²) >= 11 is 12.4. The van der Waals surface area contributed by atoms with Crippen molar-refractivity contribution in [3.05, 3.63) is 99.7 Å². The average Bonchev–Trinajstić information content (AvgIpc) is 3.50. The van der Waals surface area contributed by atoms with E-state index in [0.29, 0.717) is 30.3 Å². The van der Waals surface area contributed by atoms with Gasteiger partial charge < -0.3 is 39.8 Å². The molecule has 1 saturated heterocycles. The highest BCUT2D eigenvalue weighted by molar-refractivity contribution is 6.31. The molecule has 0 unspecified atom stereocenters. The van der Waals surface area contributed by atoms with E-state index in [1.165, 1.54) is 19.2 Å². The molecule has 5 rings (SSSR count). The highest BCUT2D eigenvalue weighted by Gasteiger charge is 2.41. The Bertz CT molecular complexity index is 1880. The van der Waals surface area contributed by atoms with Gasteiger partial charge in [0.25, 0.3) is 0 Å². The molecular weight excluding hydrogens is 732 g/mol. The van der Waals surface area contributed by atoms with Crippen molar-refractivity contribution in [2.45, 2.75) is 56.9 Å². The lowest BCUT2D eigenvalue weighted by atomic mass is 9.82. The SMILES string of the molecule is COC[C@H](NC(=O)[C@H](C)NCc1c(F)cc(Cl)cc1Oc1ccc(-c2cnc(CN(C)C)n2C)cc1)C(=O)N(C)[C@@]1(Cc2ccc(Cl)cc2)CCCNC1. The van der Waals surface area contributed by atoms with Gasteiger partial charge >= 0.3 is 0 Å². The molecule has 0 bridgehead atoms. The van der Waals surface area contributed by atoms with Gasteiger partial charge in [-0.15, -0.1) is 0 Å². The van der Waals surface area contributed by atoms with Crippen molar-refractivity contribution >= 4 is 35.0 Å². The lowest BCUT2D eigenvalue weighted by molar-refractivity contribution is -0.142. The number of imidazole rings is 1. The summed E-state index contributed by atoms with van der Waals surface area (Å²) in [5.41, 5.74) is 2.64. The van der Waals surface area contributed by atoms with Gasteiger partial charge in [-0.05, 0) is 101 Å². The Balaban J connectivity index is 1.25. The number of carbonyl (C=O) groups is 2. The first-order chi connectivity index (χ1) is 25.8. The van der Waals surface area contributed by atoms with E-state index in [2.05, 4.69) is 25.8 Å². The number of halogens is 3. The van der Waals surface area contributed by atoms with Gasteiger partial charge in [0.15, 0.2) is 0 Å². The number of benzene rings is 3. The van der Waals surface area contributed by atoms with Crippen molar-refractivity contribution in [1.82, 2.24) is 35.3 Å². The zero-order chi connectivity index (χ0) is 39.0. The van der Waals surface area contributed by atoms with Gasteiger partial charge in [-0.2, -0.15) is 0 Å². The second-order valence-corrected chi connectivity index (χ2v) is 15.0. The molecule has 3 aromatic carbocycles. The highest BCUT2D eigenvalue weighted by atomic mass is 35.5. The number of piperidine rings is 1. The lowest BCUT2D eigenvalue weighted by Crippen LogP contribution is -2.64. The Morgan fingerprint density at radius 1 is 1.07 bits per heavy atom. The second kappa shape index (κ2) is 18.5. The summed E-state index contributed by atoms with van der Waals surface area (Å²) < 4.78 is 29.0. The van der Waals surface area contributed by atoms with Crippen molar-refractivity contribution < 1.29 is 23.5 Å². The normalized spacial score (nSPS) is 16.9. The van der Waals surface area contributed by atoms with Crippen LogP contribution in [-0.4, -0.2) is 96.7 Å². The first-order valence-electron chi connectivity index (χ1n) is 18.0. The van der Waals surface area contributed by atoms with Crippen LogP contribution in [0.5, 0.6) is 11.5 Å². The van der Waals surface area contributed by atoms with Gasteiger partial charge in [0.2, 0.25) is 11.8 Å². The fourth-order valence-corrected chi connectivity index (χ4v) is 7.07. The van der Waals surface area contributed by atoms with E-state index >= 15 is 4.39 Å². The molecule has 3 N–H and O–H groups in total. The van der Waals surface area contributed by atoms with E-state index in [1.54, 1.807) is 31.0 Å². The topological polar surface area (TPSA) is 113 Å². The van der Waals surface area contributed by atoms with Crippen LogP contribution in [0.4, 0.5) is 4.39 Å². The molecule has 2 amide bonds. The molecule has 1 aromatic heterocycles. The maximum Gasteiger partial charge on any atom is 0.247 e. The number of nitrogens with zero attached hydrogens (tertiary/aromatic N) is 4. The highest BCUT2D eigenvalue weighted by Crippen LogP contribution is 2.33. The minimum Gasteiger partial charge on any atom is -0.457 e. The van der Waals surface area contributed by atoms with Crippen LogP contribution in [0.1, 0.15) is 36.7 Å². The Labute approximate surface area is 327 Å². The molecule has 3 atom stereocenters. The fraction of sp³-hybridized carbons (Fsp3) is 0.425. The third-order valence-electron chi connectivity index (χ3n) is 9.90. The largest absolute Gasteiger partial charge is 0.457 e. The summed E-state index contributed by atoms with van der Waals surface area (Å²) in [6.07, 6.45) is 4.14. The lowest BCUT2D eigenvalue weighted by Gasteiger charge is -2.46. The summed E-state index contributed by atoms with van der Waals surface area (Å²) in [5, 5.41) is 10.2. The molecule has 14 heteroatoms. The Morgan fingerprint density at radius 3 is 2.44 bits per heavy atom. The number of ether oxygens (including phenoxy) is 2. The van der Waals surface area contributed by atoms with Gasteiger partial charge in [0, 0.05) is 55.5 Å². The third-order valence-corrected chi connectivity index (χ3v) is 10.4. The summed E-state index contributed by atoms with van der Waals surface area (Å²) in [6.45, 7) is 3.76. The van der Waals surface area contributed by atoms with E-state index in [4.69, 9.17) is 32.7 Å². The van der Waals surface area contributed by atoms with E-state index < -0.39 is 29.3 Å². The van der Waals surface area contributed by atoms with Crippen LogP contribution in [0.2, 0.25) is 10.0 Å². The van der Waals surface area contributed by atoms with Crippen LogP contribution in [0.3, 0.4) is 0 Å². The molecule has 0 radical (unpaired) electrons. The number of amides is 2. The van der Waals surface area contributed by atoms with Crippen molar-refractivity contribution in [2.24, 2.45) is 7.05 Å². The number of likely N-dealkylation sites (N-methyl/N-ethyl adjacent to an activating group) is 1. The predicted octanol–water partition coefficient (Wildman–Crippen LogP) is 5.82. The summed E-state index contributed by atoms with van der Waals surface area (Å²) in [7, 11) is 9.23. The molecule has 0 saturated carbocycles. The van der Waals surface area contributed by atoms with Crippen molar-refractivity contribution in [3.63, 3.8) is 0 Å². The third kappa shape index (κ3) is 10.2. The maximum atomic E-state index is 15.4. The first kappa shape index (κ1) is 41.1. The second-order valence-electron chi connectivity index (χ2n) is 14.2. The smallest absolute Gasteiger partial charge is 0.247 e. The number of nitrogens with one attached hydrogen (secondary N) is 3. The van der Waals surface area contributed by atoms with Crippen LogP contribution in [0.15, 0.2) is 66.9 Å². The van der Waals surface area contributed by atoms with Crippen LogP contribution in [0, 0.1) is 5.82 Å². The van der Waals surface area contributed by atoms with Gasteiger partial charge in [-0.25, -0.2) is 9.37 Å². The summed E-state index contributed by atoms with van der Waals surface area (Å²) in [4.78, 5) is 35.9. The molecule has 54 heavy (non-hydrogen) atoms. The predicted molar refractivity (Wildman–Crippen MR) is 210 cm³/mol. The number of methoxy groups -OCH3 is 1. The minimum absolute atomic E-state index is 0.0213. The van der Waals surface area contributed by atoms with Gasteiger partial charge in [-0.1, -0.05) is 35.3 Å². The first-order valence-corrected chi connectivity index (χ1v) is 18.7. The number of carbonyl (C=O) groups excluding carboxylic acids is 2. The summed E-state index contributed by atoms with van der Waals surface area (Å²) in [5.74, 6) is 0.340. The quantitative estimate of drug-likeness (QED) is 0.131. The van der Waals surface area contributed by atoms with Crippen LogP contribution >= 0.6 is 23.2 Å². The van der Waals surface area contributed by atoms with Crippen molar-refractivity contribution in [2.75, 3.05) is 47.9 Å². The number of hydrogen-bond acceptors (Lipinski definition) is 8. The van der Waals surface area contributed by atoms with Crippen molar-refractivity contribution in [3.8, 4) is 22.8 Å². The molecule has 2 heterocycles. The maximum absolute atomic E-state index is 15.4. The van der Waals surface area contributed by atoms with Gasteiger partial charge in [0.1, 0.15) is 29.2 Å². The molecule has 1 aliphatic rings. The van der Waals surface area contributed by atoms with Gasteiger partial charge in [-0.3, -0.25) is 9.59 Å². The van der Waals surface area contributed by atoms with Crippen molar-refractivity contribution in [1.29, 1.82) is 0 Å². The molecule has 4 aromatic rings. The Morgan fingerprint density at radius 2 is 1.80 bits per heavy atom. The number of aromatic nitrogens is 2. The van der Waals surface area contributed by atoms with Crippen LogP contribution in [0.25, 0.3) is 11.3 Å². The molecule has 0 aliphatic carbocycles. The molecule has 290 valence electrons. The van der Waals surface area contributed by atoms with E-state index in [9.17, 15) is 9.59 Å². The van der Waals surface area contributed by atoms with Gasteiger partial charge in [0.05, 0.1) is 36.6 Å². The van der Waals surface area contributed by atoms with Crippen LogP contribution < -0.4 is 20.7 Å². The Hall–Kier alpha value is -4.04. The Kier molecular flexibility index (Phi) is 14.1. The van der Waals surface area contributed by atoms with E-state index in [-0.39, 0.29) is 35.4 Å². The average molecular weight is 783 g/mol. The zero-order valence-electron chi connectivity index (χ0n) is 31.7.